The summed E-state index contributed by atoms with van der Waals surface area (Å²) in [6.07, 6.45) is 1.18. The molecular weight excluding hydrogens is 216 g/mol. The second-order valence-corrected chi connectivity index (χ2v) is 5.54. The molecule has 0 spiro atoms. The molecule has 0 amide bonds. The van der Waals surface area contributed by atoms with Crippen LogP contribution in [0.5, 0.6) is 0 Å². The van der Waals surface area contributed by atoms with Crippen molar-refractivity contribution >= 4 is 11.3 Å². The average molecular weight is 240 g/mol. The number of nitrogens with zero attached hydrogens (tertiary/aromatic N) is 1. The highest BCUT2D eigenvalue weighted by atomic mass is 32.1. The van der Waals surface area contributed by atoms with Gasteiger partial charge in [0.1, 0.15) is 0 Å². The van der Waals surface area contributed by atoms with Gasteiger partial charge < -0.3 is 10.2 Å². The van der Waals surface area contributed by atoms with Crippen molar-refractivity contribution in [1.29, 1.82) is 0 Å². The summed E-state index contributed by atoms with van der Waals surface area (Å²) in [7, 11) is 2.22. The van der Waals surface area contributed by atoms with E-state index >= 15 is 0 Å². The first-order chi connectivity index (χ1) is 7.72. The number of hydrogen-bond acceptors (Lipinski definition) is 3. The Labute approximate surface area is 104 Å². The van der Waals surface area contributed by atoms with Crippen LogP contribution < -0.4 is 5.32 Å². The van der Waals surface area contributed by atoms with Gasteiger partial charge in [0.25, 0.3) is 0 Å². The highest BCUT2D eigenvalue weighted by Crippen LogP contribution is 2.09. The molecule has 0 aliphatic carbocycles. The first-order valence-electron chi connectivity index (χ1n) is 6.14. The molecule has 1 unspecified atom stereocenters. The van der Waals surface area contributed by atoms with E-state index in [0.717, 1.165) is 25.6 Å². The summed E-state index contributed by atoms with van der Waals surface area (Å²) in [6.45, 7) is 9.01. The van der Waals surface area contributed by atoms with E-state index in [-0.39, 0.29) is 0 Å². The van der Waals surface area contributed by atoms with Gasteiger partial charge in [-0.05, 0) is 43.9 Å². The zero-order chi connectivity index (χ0) is 11.8. The van der Waals surface area contributed by atoms with Gasteiger partial charge in [-0.3, -0.25) is 0 Å². The number of nitrogens with one attached hydrogen (secondary N) is 1. The average Bonchev–Trinajstić information content (AvgIpc) is 2.76. The molecule has 0 aliphatic rings. The van der Waals surface area contributed by atoms with Crippen LogP contribution in [0.25, 0.3) is 0 Å². The van der Waals surface area contributed by atoms with Crippen LogP contribution in [0.2, 0.25) is 0 Å². The minimum absolute atomic E-state index is 0.730. The van der Waals surface area contributed by atoms with Crippen molar-refractivity contribution < 1.29 is 0 Å². The molecule has 2 nitrogen and oxygen atoms in total. The first-order valence-corrected chi connectivity index (χ1v) is 7.02. The summed E-state index contributed by atoms with van der Waals surface area (Å²) in [5, 5.41) is 5.55. The minimum Gasteiger partial charge on any atom is -0.317 e. The molecule has 0 saturated carbocycles. The van der Waals surface area contributed by atoms with Crippen LogP contribution in [-0.4, -0.2) is 38.1 Å². The van der Waals surface area contributed by atoms with Crippen LogP contribution in [0, 0.1) is 5.92 Å². The predicted octanol–water partition coefficient (Wildman–Crippen LogP) is 2.47. The number of thiophene rings is 1. The van der Waals surface area contributed by atoms with Gasteiger partial charge in [0.2, 0.25) is 0 Å². The molecule has 16 heavy (non-hydrogen) atoms. The largest absolute Gasteiger partial charge is 0.317 e. The van der Waals surface area contributed by atoms with Crippen LogP contribution in [0.3, 0.4) is 0 Å². The molecule has 0 aliphatic heterocycles. The summed E-state index contributed by atoms with van der Waals surface area (Å²) < 4.78 is 0. The fourth-order valence-corrected chi connectivity index (χ4v) is 2.53. The standard InChI is InChI=1S/C13H24N2S/c1-4-14-10-12(2)11-15(3)8-7-13-6-5-9-16-13/h5-6,9,12,14H,4,7-8,10-11H2,1-3H3. The summed E-state index contributed by atoms with van der Waals surface area (Å²) in [5.74, 6) is 0.730. The summed E-state index contributed by atoms with van der Waals surface area (Å²) in [5.41, 5.74) is 0. The maximum atomic E-state index is 3.40. The Balaban J connectivity index is 2.12. The fraction of sp³-hybridized carbons (Fsp3) is 0.692. The van der Waals surface area contributed by atoms with Gasteiger partial charge >= 0.3 is 0 Å². The summed E-state index contributed by atoms with van der Waals surface area (Å²) in [4.78, 5) is 3.92. The fourth-order valence-electron chi connectivity index (χ4n) is 1.83. The summed E-state index contributed by atoms with van der Waals surface area (Å²) in [6, 6.07) is 4.36. The predicted molar refractivity (Wildman–Crippen MR) is 73.2 cm³/mol. The highest BCUT2D eigenvalue weighted by molar-refractivity contribution is 7.09. The van der Waals surface area contributed by atoms with Crippen LogP contribution in [-0.2, 0) is 6.42 Å². The third-order valence-electron chi connectivity index (χ3n) is 2.69. The molecule has 1 rings (SSSR count). The lowest BCUT2D eigenvalue weighted by Crippen LogP contribution is -2.32. The van der Waals surface area contributed by atoms with Gasteiger partial charge in [0.05, 0.1) is 0 Å². The molecule has 0 aromatic carbocycles. The van der Waals surface area contributed by atoms with Crippen LogP contribution in [0.4, 0.5) is 0 Å². The lowest BCUT2D eigenvalue weighted by molar-refractivity contribution is 0.285. The molecule has 1 aromatic heterocycles. The van der Waals surface area contributed by atoms with E-state index in [1.54, 1.807) is 0 Å². The van der Waals surface area contributed by atoms with E-state index < -0.39 is 0 Å². The van der Waals surface area contributed by atoms with Gasteiger partial charge in [-0.2, -0.15) is 0 Å². The Morgan fingerprint density at radius 3 is 2.94 bits per heavy atom. The van der Waals surface area contributed by atoms with E-state index in [1.165, 1.54) is 17.8 Å². The van der Waals surface area contributed by atoms with Gasteiger partial charge in [0, 0.05) is 18.0 Å². The molecule has 92 valence electrons. The topological polar surface area (TPSA) is 15.3 Å². The Bertz CT molecular complexity index is 259. The number of likely N-dealkylation sites (N-methyl/N-ethyl adjacent to an activating group) is 1. The zero-order valence-corrected chi connectivity index (χ0v) is 11.5. The smallest absolute Gasteiger partial charge is 0.00579 e. The molecule has 1 N–H and O–H groups in total. The third-order valence-corrected chi connectivity index (χ3v) is 3.62. The summed E-state index contributed by atoms with van der Waals surface area (Å²) >= 11 is 1.86. The molecule has 3 heteroatoms. The Morgan fingerprint density at radius 1 is 1.50 bits per heavy atom. The third kappa shape index (κ3) is 5.64. The monoisotopic (exact) mass is 240 g/mol. The van der Waals surface area contributed by atoms with Crippen LogP contribution >= 0.6 is 11.3 Å². The highest BCUT2D eigenvalue weighted by Gasteiger charge is 2.06. The van der Waals surface area contributed by atoms with Crippen LogP contribution in [0.1, 0.15) is 18.7 Å². The van der Waals surface area contributed by atoms with E-state index in [9.17, 15) is 0 Å². The number of hydrogen-bond donors (Lipinski definition) is 1. The van der Waals surface area contributed by atoms with Crippen molar-refractivity contribution in [2.75, 3.05) is 33.2 Å². The molecule has 0 bridgehead atoms. The maximum absolute atomic E-state index is 3.40. The van der Waals surface area contributed by atoms with Gasteiger partial charge in [0.15, 0.2) is 0 Å². The normalized spacial score (nSPS) is 13.2. The van der Waals surface area contributed by atoms with E-state index in [0.29, 0.717) is 0 Å². The minimum atomic E-state index is 0.730. The van der Waals surface area contributed by atoms with E-state index in [4.69, 9.17) is 0 Å². The quantitative estimate of drug-likeness (QED) is 0.751. The molecule has 1 aromatic rings. The van der Waals surface area contributed by atoms with Crippen molar-refractivity contribution in [3.8, 4) is 0 Å². The second-order valence-electron chi connectivity index (χ2n) is 4.50. The Morgan fingerprint density at radius 2 is 2.31 bits per heavy atom. The lowest BCUT2D eigenvalue weighted by Gasteiger charge is -2.21. The first kappa shape index (κ1) is 13.7. The molecule has 0 fully saturated rings. The Kier molecular flexibility index (Phi) is 6.69. The molecule has 0 saturated heterocycles. The molecule has 1 atom stereocenters. The molecule has 1 heterocycles. The molecular formula is C13H24N2S. The second kappa shape index (κ2) is 7.82. The lowest BCUT2D eigenvalue weighted by atomic mass is 10.1. The van der Waals surface area contributed by atoms with Crippen molar-refractivity contribution in [2.45, 2.75) is 20.3 Å². The van der Waals surface area contributed by atoms with E-state index in [2.05, 4.69) is 48.6 Å². The van der Waals surface area contributed by atoms with Crippen molar-refractivity contribution in [3.63, 3.8) is 0 Å². The van der Waals surface area contributed by atoms with Crippen molar-refractivity contribution in [3.05, 3.63) is 22.4 Å². The van der Waals surface area contributed by atoms with Crippen LogP contribution in [0.15, 0.2) is 17.5 Å². The Hall–Kier alpha value is -0.380. The van der Waals surface area contributed by atoms with Crippen molar-refractivity contribution in [1.82, 2.24) is 10.2 Å². The maximum Gasteiger partial charge on any atom is 0.00579 e. The van der Waals surface area contributed by atoms with Gasteiger partial charge in [-0.25, -0.2) is 0 Å². The molecule has 0 radical (unpaired) electrons. The zero-order valence-electron chi connectivity index (χ0n) is 10.7. The number of rotatable bonds is 8. The van der Waals surface area contributed by atoms with Gasteiger partial charge in [-0.1, -0.05) is 19.9 Å². The SMILES string of the molecule is CCNCC(C)CN(C)CCc1cccs1. The van der Waals surface area contributed by atoms with E-state index in [1.807, 2.05) is 11.3 Å². The van der Waals surface area contributed by atoms with Crippen molar-refractivity contribution in [2.24, 2.45) is 5.92 Å². The van der Waals surface area contributed by atoms with Gasteiger partial charge in [-0.15, -0.1) is 11.3 Å².